The summed E-state index contributed by atoms with van der Waals surface area (Å²) in [6.45, 7) is 1.62. The zero-order valence-electron chi connectivity index (χ0n) is 13.9. The van der Waals surface area contributed by atoms with E-state index in [4.69, 9.17) is 4.74 Å². The third kappa shape index (κ3) is 5.42. The largest absolute Gasteiger partial charge is 0.496 e. The maximum Gasteiger partial charge on any atom is 0.275 e. The van der Waals surface area contributed by atoms with E-state index in [2.05, 4.69) is 15.8 Å². The number of benzene rings is 2. The number of carbonyl (C=O) groups excluding carboxylic acids is 2. The second kappa shape index (κ2) is 8.58. The Labute approximate surface area is 144 Å². The maximum atomic E-state index is 12.8. The van der Waals surface area contributed by atoms with Gasteiger partial charge in [-0.1, -0.05) is 12.1 Å². The lowest BCUT2D eigenvalue weighted by atomic mass is 10.2. The van der Waals surface area contributed by atoms with E-state index < -0.39 is 5.91 Å². The monoisotopic (exact) mass is 343 g/mol. The van der Waals surface area contributed by atoms with Crippen LogP contribution in [0.1, 0.15) is 23.7 Å². The standard InChI is InChI=1S/C18H18FN3O3/c1-12(11-17(23)20-14-9-7-13(19)8-10-14)21-22-18(24)15-5-3-4-6-16(15)25-2/h3-10H,11H2,1-2H3,(H,20,23)(H,22,24). The number of methoxy groups -OCH3 is 1. The number of rotatable bonds is 6. The van der Waals surface area contributed by atoms with Crippen LogP contribution >= 0.6 is 0 Å². The molecular weight excluding hydrogens is 325 g/mol. The van der Waals surface area contributed by atoms with Gasteiger partial charge in [-0.2, -0.15) is 5.10 Å². The van der Waals surface area contributed by atoms with Crippen molar-refractivity contribution in [3.63, 3.8) is 0 Å². The number of ether oxygens (including phenoxy) is 1. The van der Waals surface area contributed by atoms with Crippen molar-refractivity contribution in [3.8, 4) is 5.75 Å². The molecule has 0 aliphatic carbocycles. The first kappa shape index (κ1) is 18.1. The summed E-state index contributed by atoms with van der Waals surface area (Å²) in [6.07, 6.45) is -0.0103. The lowest BCUT2D eigenvalue weighted by Crippen LogP contribution is -2.22. The van der Waals surface area contributed by atoms with E-state index in [9.17, 15) is 14.0 Å². The summed E-state index contributed by atoms with van der Waals surface area (Å²) < 4.78 is 17.9. The predicted octanol–water partition coefficient (Wildman–Crippen LogP) is 2.97. The normalized spacial score (nSPS) is 10.9. The van der Waals surface area contributed by atoms with Gasteiger partial charge < -0.3 is 10.1 Å². The van der Waals surface area contributed by atoms with Crippen LogP contribution in [0.25, 0.3) is 0 Å². The zero-order chi connectivity index (χ0) is 18.2. The molecule has 0 saturated heterocycles. The molecule has 130 valence electrons. The van der Waals surface area contributed by atoms with Gasteiger partial charge in [0.05, 0.1) is 19.1 Å². The molecule has 7 heteroatoms. The third-order valence-electron chi connectivity index (χ3n) is 3.24. The highest BCUT2D eigenvalue weighted by Gasteiger charge is 2.11. The third-order valence-corrected chi connectivity index (χ3v) is 3.24. The smallest absolute Gasteiger partial charge is 0.275 e. The van der Waals surface area contributed by atoms with Crippen molar-refractivity contribution in [2.75, 3.05) is 12.4 Å². The van der Waals surface area contributed by atoms with E-state index in [1.165, 1.54) is 31.4 Å². The first-order valence-corrected chi connectivity index (χ1v) is 7.51. The van der Waals surface area contributed by atoms with Gasteiger partial charge in [-0.3, -0.25) is 9.59 Å². The van der Waals surface area contributed by atoms with Crippen LogP contribution in [-0.2, 0) is 4.79 Å². The number of hydrogen-bond donors (Lipinski definition) is 2. The minimum atomic E-state index is -0.434. The SMILES string of the molecule is COc1ccccc1C(=O)NN=C(C)CC(=O)Nc1ccc(F)cc1. The summed E-state index contributed by atoms with van der Waals surface area (Å²) in [6, 6.07) is 12.2. The number of anilines is 1. The zero-order valence-corrected chi connectivity index (χ0v) is 13.9. The molecular formula is C18H18FN3O3. The van der Waals surface area contributed by atoms with E-state index in [-0.39, 0.29) is 18.1 Å². The molecule has 0 fully saturated rings. The molecule has 0 radical (unpaired) electrons. The first-order chi connectivity index (χ1) is 12.0. The number of nitrogens with zero attached hydrogens (tertiary/aromatic N) is 1. The Morgan fingerprint density at radius 2 is 1.80 bits per heavy atom. The highest BCUT2D eigenvalue weighted by Crippen LogP contribution is 2.16. The summed E-state index contributed by atoms with van der Waals surface area (Å²) in [5, 5.41) is 6.53. The van der Waals surface area contributed by atoms with Crippen molar-refractivity contribution >= 4 is 23.2 Å². The first-order valence-electron chi connectivity index (χ1n) is 7.51. The average Bonchev–Trinajstić information content (AvgIpc) is 2.61. The minimum absolute atomic E-state index is 0.0103. The molecule has 0 atom stereocenters. The number of halogens is 1. The Hall–Kier alpha value is -3.22. The number of amides is 2. The summed E-state index contributed by atoms with van der Waals surface area (Å²) in [5.41, 5.74) is 3.64. The van der Waals surface area contributed by atoms with Crippen LogP contribution in [0.2, 0.25) is 0 Å². The topological polar surface area (TPSA) is 79.8 Å². The second-order valence-corrected chi connectivity index (χ2v) is 5.22. The van der Waals surface area contributed by atoms with Gasteiger partial charge in [0.25, 0.3) is 5.91 Å². The Morgan fingerprint density at radius 3 is 2.48 bits per heavy atom. The maximum absolute atomic E-state index is 12.8. The highest BCUT2D eigenvalue weighted by atomic mass is 19.1. The van der Waals surface area contributed by atoms with Crippen molar-refractivity contribution in [1.82, 2.24) is 5.43 Å². The summed E-state index contributed by atoms with van der Waals surface area (Å²) in [5.74, 6) is -0.702. The fourth-order valence-corrected chi connectivity index (χ4v) is 2.05. The van der Waals surface area contributed by atoms with Crippen LogP contribution in [0.5, 0.6) is 5.75 Å². The van der Waals surface area contributed by atoms with E-state index in [0.717, 1.165) is 0 Å². The van der Waals surface area contributed by atoms with Crippen molar-refractivity contribution < 1.29 is 18.7 Å². The fourth-order valence-electron chi connectivity index (χ4n) is 2.05. The Bertz CT molecular complexity index is 788. The van der Waals surface area contributed by atoms with E-state index in [1.807, 2.05) is 0 Å². The van der Waals surface area contributed by atoms with Gasteiger partial charge in [-0.05, 0) is 43.3 Å². The molecule has 0 aliphatic heterocycles. The summed E-state index contributed by atoms with van der Waals surface area (Å²) >= 11 is 0. The van der Waals surface area contributed by atoms with Gasteiger partial charge in [0.15, 0.2) is 0 Å². The Kier molecular flexibility index (Phi) is 6.22. The average molecular weight is 343 g/mol. The van der Waals surface area contributed by atoms with Crippen LogP contribution in [0.3, 0.4) is 0 Å². The van der Waals surface area contributed by atoms with Gasteiger partial charge in [-0.15, -0.1) is 0 Å². The molecule has 0 bridgehead atoms. The molecule has 2 aromatic rings. The van der Waals surface area contributed by atoms with E-state index >= 15 is 0 Å². The Morgan fingerprint density at radius 1 is 1.12 bits per heavy atom. The minimum Gasteiger partial charge on any atom is -0.496 e. The molecule has 2 aromatic carbocycles. The number of hydrogen-bond acceptors (Lipinski definition) is 4. The molecule has 0 unspecified atom stereocenters. The predicted molar refractivity (Wildman–Crippen MR) is 93.2 cm³/mol. The highest BCUT2D eigenvalue weighted by molar-refractivity contribution is 6.06. The van der Waals surface area contributed by atoms with Gasteiger partial charge in [0.2, 0.25) is 5.91 Å². The molecule has 0 spiro atoms. The summed E-state index contributed by atoms with van der Waals surface area (Å²) in [7, 11) is 1.47. The van der Waals surface area contributed by atoms with Gasteiger partial charge in [0.1, 0.15) is 11.6 Å². The van der Waals surface area contributed by atoms with E-state index in [1.54, 1.807) is 31.2 Å². The number of carbonyl (C=O) groups is 2. The molecule has 2 rings (SSSR count). The molecule has 0 heterocycles. The van der Waals surface area contributed by atoms with Crippen LogP contribution in [-0.4, -0.2) is 24.6 Å². The van der Waals surface area contributed by atoms with Gasteiger partial charge >= 0.3 is 0 Å². The molecule has 25 heavy (non-hydrogen) atoms. The van der Waals surface area contributed by atoms with Crippen LogP contribution < -0.4 is 15.5 Å². The van der Waals surface area contributed by atoms with Crippen LogP contribution in [0.15, 0.2) is 53.6 Å². The van der Waals surface area contributed by atoms with Crippen LogP contribution in [0.4, 0.5) is 10.1 Å². The molecule has 0 aliphatic rings. The van der Waals surface area contributed by atoms with Crippen molar-refractivity contribution in [2.45, 2.75) is 13.3 Å². The molecule has 2 N–H and O–H groups in total. The molecule has 2 amide bonds. The molecule has 6 nitrogen and oxygen atoms in total. The van der Waals surface area contributed by atoms with Crippen LogP contribution in [0, 0.1) is 5.82 Å². The van der Waals surface area contributed by atoms with Crippen molar-refractivity contribution in [2.24, 2.45) is 5.10 Å². The van der Waals surface area contributed by atoms with Crippen molar-refractivity contribution in [1.29, 1.82) is 0 Å². The molecule has 0 saturated carbocycles. The Balaban J connectivity index is 1.91. The quantitative estimate of drug-likeness (QED) is 0.625. The van der Waals surface area contributed by atoms with Crippen molar-refractivity contribution in [3.05, 3.63) is 59.9 Å². The fraction of sp³-hybridized carbons (Fsp3) is 0.167. The van der Waals surface area contributed by atoms with Gasteiger partial charge in [0, 0.05) is 11.4 Å². The number of para-hydroxylation sites is 1. The lowest BCUT2D eigenvalue weighted by molar-refractivity contribution is -0.115. The second-order valence-electron chi connectivity index (χ2n) is 5.22. The number of nitrogens with one attached hydrogen (secondary N) is 2. The lowest BCUT2D eigenvalue weighted by Gasteiger charge is -2.07. The summed E-state index contributed by atoms with van der Waals surface area (Å²) in [4.78, 5) is 24.0. The van der Waals surface area contributed by atoms with Gasteiger partial charge in [-0.25, -0.2) is 9.82 Å². The van der Waals surface area contributed by atoms with E-state index in [0.29, 0.717) is 22.7 Å². The molecule has 0 aromatic heterocycles. The number of hydrazone groups is 1.